The lowest BCUT2D eigenvalue weighted by Crippen LogP contribution is -2.41. The van der Waals surface area contributed by atoms with Crippen molar-refractivity contribution in [1.29, 1.82) is 0 Å². The molecule has 3 aromatic rings. The first kappa shape index (κ1) is 19.7. The van der Waals surface area contributed by atoms with Gasteiger partial charge in [-0.1, -0.05) is 60.2 Å². The summed E-state index contributed by atoms with van der Waals surface area (Å²) in [6.45, 7) is 5.71. The van der Waals surface area contributed by atoms with Crippen molar-refractivity contribution in [3.63, 3.8) is 0 Å². The van der Waals surface area contributed by atoms with E-state index in [1.807, 2.05) is 24.3 Å². The Bertz CT molecular complexity index is 892. The molecule has 2 nitrogen and oxygen atoms in total. The Morgan fingerprint density at radius 2 is 1.66 bits per heavy atom. The first-order chi connectivity index (χ1) is 14.2. The normalized spacial score (nSPS) is 19.8. The highest BCUT2D eigenvalue weighted by molar-refractivity contribution is 5.27. The molecule has 0 amide bonds. The minimum Gasteiger partial charge on any atom is -0.493 e. The smallest absolute Gasteiger partial charge is 0.123 e. The largest absolute Gasteiger partial charge is 0.493 e. The van der Waals surface area contributed by atoms with E-state index in [2.05, 4.69) is 54.3 Å². The van der Waals surface area contributed by atoms with Gasteiger partial charge in [0.05, 0.1) is 6.61 Å². The molecule has 2 atom stereocenters. The van der Waals surface area contributed by atoms with Crippen molar-refractivity contribution in [3.05, 3.63) is 101 Å². The van der Waals surface area contributed by atoms with Gasteiger partial charge in [-0.15, -0.1) is 0 Å². The van der Waals surface area contributed by atoms with E-state index in [0.717, 1.165) is 31.8 Å². The van der Waals surface area contributed by atoms with E-state index in [1.54, 1.807) is 12.1 Å². The summed E-state index contributed by atoms with van der Waals surface area (Å²) < 4.78 is 19.6. The van der Waals surface area contributed by atoms with E-state index in [9.17, 15) is 4.39 Å². The van der Waals surface area contributed by atoms with Crippen LogP contribution in [0.15, 0.2) is 78.9 Å². The van der Waals surface area contributed by atoms with E-state index >= 15 is 0 Å². The quantitative estimate of drug-likeness (QED) is 0.527. The van der Waals surface area contributed by atoms with Gasteiger partial charge in [0.25, 0.3) is 0 Å². The molecular weight excluding hydrogens is 361 g/mol. The van der Waals surface area contributed by atoms with Crippen molar-refractivity contribution in [2.75, 3.05) is 19.7 Å². The summed E-state index contributed by atoms with van der Waals surface area (Å²) in [5.41, 5.74) is 3.78. The molecule has 1 fully saturated rings. The second kappa shape index (κ2) is 9.23. The molecule has 0 saturated carbocycles. The molecule has 4 rings (SSSR count). The Kier molecular flexibility index (Phi) is 6.26. The molecule has 150 valence electrons. The molecule has 0 aromatic heterocycles. The van der Waals surface area contributed by atoms with Crippen LogP contribution in [0.3, 0.4) is 0 Å². The third-order valence-corrected chi connectivity index (χ3v) is 5.85. The van der Waals surface area contributed by atoms with E-state index < -0.39 is 0 Å². The zero-order valence-electron chi connectivity index (χ0n) is 16.9. The average molecular weight is 390 g/mol. The third-order valence-electron chi connectivity index (χ3n) is 5.85. The van der Waals surface area contributed by atoms with Gasteiger partial charge in [-0.2, -0.15) is 0 Å². The molecule has 0 N–H and O–H groups in total. The van der Waals surface area contributed by atoms with Gasteiger partial charge >= 0.3 is 0 Å². The van der Waals surface area contributed by atoms with Crippen LogP contribution in [0.2, 0.25) is 0 Å². The number of hydrogen-bond donors (Lipinski definition) is 0. The van der Waals surface area contributed by atoms with Crippen LogP contribution in [0, 0.1) is 18.7 Å². The van der Waals surface area contributed by atoms with E-state index in [4.69, 9.17) is 4.74 Å². The highest BCUT2D eigenvalue weighted by atomic mass is 19.1. The molecular formula is C26H28FNO. The van der Waals surface area contributed by atoms with Crippen LogP contribution in [0.5, 0.6) is 5.75 Å². The highest BCUT2D eigenvalue weighted by Crippen LogP contribution is 2.34. The van der Waals surface area contributed by atoms with E-state index in [1.165, 1.54) is 16.7 Å². The Balaban J connectivity index is 1.48. The maximum absolute atomic E-state index is 13.4. The molecule has 0 aliphatic carbocycles. The van der Waals surface area contributed by atoms with Crippen molar-refractivity contribution < 1.29 is 9.13 Å². The molecule has 29 heavy (non-hydrogen) atoms. The molecule has 1 heterocycles. The molecule has 3 heteroatoms. The van der Waals surface area contributed by atoms with Gasteiger partial charge in [-0.25, -0.2) is 4.39 Å². The number of rotatable bonds is 6. The highest BCUT2D eigenvalue weighted by Gasteiger charge is 2.31. The summed E-state index contributed by atoms with van der Waals surface area (Å²) in [5, 5.41) is 0. The Morgan fingerprint density at radius 1 is 0.931 bits per heavy atom. The van der Waals surface area contributed by atoms with Crippen molar-refractivity contribution in [3.8, 4) is 5.75 Å². The maximum Gasteiger partial charge on any atom is 0.123 e. The minimum atomic E-state index is -0.178. The SMILES string of the molecule is Cc1ccc(OC[C@@H]2CN(Cc3ccccc3)CC[C@H]2c2ccc(F)cc2)cc1. The third kappa shape index (κ3) is 5.24. The van der Waals surface area contributed by atoms with Crippen molar-refractivity contribution in [1.82, 2.24) is 4.90 Å². The minimum absolute atomic E-state index is 0.178. The van der Waals surface area contributed by atoms with Crippen LogP contribution in [0.1, 0.15) is 29.0 Å². The van der Waals surface area contributed by atoms with Gasteiger partial charge in [0.2, 0.25) is 0 Å². The summed E-state index contributed by atoms with van der Waals surface area (Å²) in [5.74, 6) is 1.48. The van der Waals surface area contributed by atoms with Crippen molar-refractivity contribution in [2.24, 2.45) is 5.92 Å². The first-order valence-electron chi connectivity index (χ1n) is 10.4. The zero-order valence-corrected chi connectivity index (χ0v) is 16.9. The first-order valence-corrected chi connectivity index (χ1v) is 10.4. The van der Waals surface area contributed by atoms with Gasteiger partial charge in [-0.05, 0) is 61.2 Å². The monoisotopic (exact) mass is 389 g/mol. The topological polar surface area (TPSA) is 12.5 Å². The van der Waals surface area contributed by atoms with Crippen LogP contribution in [0.4, 0.5) is 4.39 Å². The average Bonchev–Trinajstić information content (AvgIpc) is 2.75. The Hall–Kier alpha value is -2.65. The van der Waals surface area contributed by atoms with Gasteiger partial charge in [0.1, 0.15) is 11.6 Å². The number of halogens is 1. The number of benzene rings is 3. The lowest BCUT2D eigenvalue weighted by Gasteiger charge is -2.39. The lowest BCUT2D eigenvalue weighted by atomic mass is 9.80. The number of likely N-dealkylation sites (tertiary alicyclic amines) is 1. The molecule has 0 radical (unpaired) electrons. The van der Waals surface area contributed by atoms with Crippen LogP contribution >= 0.6 is 0 Å². The summed E-state index contributed by atoms with van der Waals surface area (Å²) >= 11 is 0. The van der Waals surface area contributed by atoms with Crippen molar-refractivity contribution in [2.45, 2.75) is 25.8 Å². The second-order valence-corrected chi connectivity index (χ2v) is 8.05. The van der Waals surface area contributed by atoms with Crippen LogP contribution in [0.25, 0.3) is 0 Å². The van der Waals surface area contributed by atoms with E-state index in [-0.39, 0.29) is 5.82 Å². The molecule has 3 aromatic carbocycles. The number of aryl methyl sites for hydroxylation is 1. The standard InChI is InChI=1S/C26H28FNO/c1-20-7-13-25(14-8-20)29-19-23-18-28(17-21-5-3-2-4-6-21)16-15-26(23)22-9-11-24(27)12-10-22/h2-14,23,26H,15-19H2,1H3/t23-,26-/m0/s1. The molecule has 1 aliphatic rings. The predicted octanol–water partition coefficient (Wildman–Crippen LogP) is 5.82. The number of ether oxygens (including phenoxy) is 1. The Morgan fingerprint density at radius 3 is 2.38 bits per heavy atom. The van der Waals surface area contributed by atoms with E-state index in [0.29, 0.717) is 18.4 Å². The summed E-state index contributed by atoms with van der Waals surface area (Å²) in [6.07, 6.45) is 1.06. The van der Waals surface area contributed by atoms with Gasteiger partial charge in [0, 0.05) is 19.0 Å². The molecule has 1 aliphatic heterocycles. The summed E-state index contributed by atoms with van der Waals surface area (Å²) in [7, 11) is 0. The molecule has 1 saturated heterocycles. The van der Waals surface area contributed by atoms with Crippen LogP contribution in [-0.4, -0.2) is 24.6 Å². The molecule has 0 bridgehead atoms. The summed E-state index contributed by atoms with van der Waals surface area (Å²) in [4.78, 5) is 2.51. The molecule has 0 spiro atoms. The summed E-state index contributed by atoms with van der Waals surface area (Å²) in [6, 6.07) is 25.9. The number of hydrogen-bond acceptors (Lipinski definition) is 2. The van der Waals surface area contributed by atoms with Crippen molar-refractivity contribution >= 4 is 0 Å². The van der Waals surface area contributed by atoms with Crippen LogP contribution < -0.4 is 4.74 Å². The fourth-order valence-corrected chi connectivity index (χ4v) is 4.25. The fraction of sp³-hybridized carbons (Fsp3) is 0.308. The van der Waals surface area contributed by atoms with Gasteiger partial charge in [-0.3, -0.25) is 4.90 Å². The van der Waals surface area contributed by atoms with Crippen LogP contribution in [-0.2, 0) is 6.54 Å². The van der Waals surface area contributed by atoms with Gasteiger partial charge in [0.15, 0.2) is 0 Å². The van der Waals surface area contributed by atoms with Gasteiger partial charge < -0.3 is 4.74 Å². The zero-order chi connectivity index (χ0) is 20.1. The Labute approximate surface area is 172 Å². The second-order valence-electron chi connectivity index (χ2n) is 8.05. The fourth-order valence-electron chi connectivity index (χ4n) is 4.25. The number of piperidine rings is 1. The maximum atomic E-state index is 13.4. The lowest BCUT2D eigenvalue weighted by molar-refractivity contribution is 0.106. The molecule has 0 unspecified atom stereocenters. The number of nitrogens with zero attached hydrogens (tertiary/aromatic N) is 1. The predicted molar refractivity (Wildman–Crippen MR) is 116 cm³/mol.